The van der Waals surface area contributed by atoms with Crippen molar-refractivity contribution in [2.45, 2.75) is 19.8 Å². The van der Waals surface area contributed by atoms with Crippen LogP contribution in [0, 0.1) is 0 Å². The highest BCUT2D eigenvalue weighted by molar-refractivity contribution is 6.32. The van der Waals surface area contributed by atoms with Crippen LogP contribution < -0.4 is 10.1 Å². The zero-order chi connectivity index (χ0) is 14.3. The van der Waals surface area contributed by atoms with E-state index in [4.69, 9.17) is 21.1 Å². The van der Waals surface area contributed by atoms with Crippen LogP contribution in [-0.2, 0) is 14.3 Å². The number of esters is 1. The molecule has 6 heteroatoms. The molecule has 1 N–H and O–H groups in total. The van der Waals surface area contributed by atoms with Gasteiger partial charge in [0.15, 0.2) is 0 Å². The van der Waals surface area contributed by atoms with Gasteiger partial charge in [-0.05, 0) is 25.1 Å². The first-order valence-electron chi connectivity index (χ1n) is 5.85. The number of nitrogens with one attached hydrogen (secondary N) is 1. The predicted octanol–water partition coefficient (Wildman–Crippen LogP) is 2.63. The van der Waals surface area contributed by atoms with Crippen molar-refractivity contribution in [3.63, 3.8) is 0 Å². The molecule has 104 valence electrons. The van der Waals surface area contributed by atoms with Gasteiger partial charge >= 0.3 is 5.97 Å². The van der Waals surface area contributed by atoms with Gasteiger partial charge in [-0.3, -0.25) is 9.59 Å². The third-order valence-corrected chi connectivity index (χ3v) is 2.59. The van der Waals surface area contributed by atoms with Crippen LogP contribution in [0.3, 0.4) is 0 Å². The zero-order valence-electron chi connectivity index (χ0n) is 10.9. The number of ether oxygens (including phenoxy) is 2. The molecule has 0 heterocycles. The maximum Gasteiger partial charge on any atom is 0.306 e. The maximum absolute atomic E-state index is 11.6. The molecule has 1 aromatic carbocycles. The zero-order valence-corrected chi connectivity index (χ0v) is 11.6. The van der Waals surface area contributed by atoms with E-state index < -0.39 is 0 Å². The molecule has 1 aromatic rings. The van der Waals surface area contributed by atoms with Crippen LogP contribution in [0.4, 0.5) is 5.69 Å². The van der Waals surface area contributed by atoms with Crippen molar-refractivity contribution < 1.29 is 19.1 Å². The number of anilines is 1. The summed E-state index contributed by atoms with van der Waals surface area (Å²) in [6.07, 6.45) is 0.131. The SMILES string of the molecule is CCOC(=O)CCC(=O)Nc1ccc(OC)c(Cl)c1. The summed E-state index contributed by atoms with van der Waals surface area (Å²) in [5.74, 6) is -0.120. The highest BCUT2D eigenvalue weighted by Gasteiger charge is 2.09. The van der Waals surface area contributed by atoms with Crippen LogP contribution in [0.5, 0.6) is 5.75 Å². The lowest BCUT2D eigenvalue weighted by molar-refractivity contribution is -0.144. The Morgan fingerprint density at radius 2 is 2.05 bits per heavy atom. The van der Waals surface area contributed by atoms with E-state index in [-0.39, 0.29) is 24.7 Å². The Hall–Kier alpha value is -1.75. The van der Waals surface area contributed by atoms with Crippen LogP contribution in [0.15, 0.2) is 18.2 Å². The van der Waals surface area contributed by atoms with Gasteiger partial charge in [0.05, 0.1) is 25.2 Å². The van der Waals surface area contributed by atoms with Gasteiger partial charge in [-0.15, -0.1) is 0 Å². The summed E-state index contributed by atoms with van der Waals surface area (Å²) in [7, 11) is 1.51. The first-order valence-corrected chi connectivity index (χ1v) is 6.23. The number of carbonyl (C=O) groups is 2. The number of hydrogen-bond donors (Lipinski definition) is 1. The largest absolute Gasteiger partial charge is 0.495 e. The summed E-state index contributed by atoms with van der Waals surface area (Å²) in [6.45, 7) is 2.03. The van der Waals surface area contributed by atoms with E-state index in [0.29, 0.717) is 23.1 Å². The second-order valence-electron chi connectivity index (χ2n) is 3.70. The fourth-order valence-corrected chi connectivity index (χ4v) is 1.67. The Kier molecular flexibility index (Phi) is 6.15. The van der Waals surface area contributed by atoms with Crippen molar-refractivity contribution in [2.24, 2.45) is 0 Å². The number of rotatable bonds is 6. The monoisotopic (exact) mass is 285 g/mol. The van der Waals surface area contributed by atoms with Gasteiger partial charge < -0.3 is 14.8 Å². The minimum Gasteiger partial charge on any atom is -0.495 e. The van der Waals surface area contributed by atoms with E-state index in [1.807, 2.05) is 0 Å². The standard InChI is InChI=1S/C13H16ClNO4/c1-3-19-13(17)7-6-12(16)15-9-4-5-11(18-2)10(14)8-9/h4-5,8H,3,6-7H2,1-2H3,(H,15,16). The molecule has 5 nitrogen and oxygen atoms in total. The molecule has 0 atom stereocenters. The molecule has 0 aliphatic heterocycles. The fraction of sp³-hybridized carbons (Fsp3) is 0.385. The predicted molar refractivity (Wildman–Crippen MR) is 72.5 cm³/mol. The van der Waals surface area contributed by atoms with E-state index in [0.717, 1.165) is 0 Å². The van der Waals surface area contributed by atoms with Crippen LogP contribution >= 0.6 is 11.6 Å². The fourth-order valence-electron chi connectivity index (χ4n) is 1.42. The maximum atomic E-state index is 11.6. The summed E-state index contributed by atoms with van der Waals surface area (Å²) < 4.78 is 9.74. The lowest BCUT2D eigenvalue weighted by Gasteiger charge is -2.08. The Balaban J connectivity index is 2.48. The number of halogens is 1. The number of carbonyl (C=O) groups excluding carboxylic acids is 2. The minimum atomic E-state index is -0.384. The number of hydrogen-bond acceptors (Lipinski definition) is 4. The average Bonchev–Trinajstić information content (AvgIpc) is 2.37. The lowest BCUT2D eigenvalue weighted by Crippen LogP contribution is -2.14. The van der Waals surface area contributed by atoms with Crippen molar-refractivity contribution >= 4 is 29.2 Å². The summed E-state index contributed by atoms with van der Waals surface area (Å²) >= 11 is 5.93. The van der Waals surface area contributed by atoms with Gasteiger partial charge in [-0.1, -0.05) is 11.6 Å². The molecule has 1 amide bonds. The summed E-state index contributed by atoms with van der Waals surface area (Å²) in [6, 6.07) is 4.92. The molecule has 0 unspecified atom stereocenters. The molecule has 0 saturated heterocycles. The van der Waals surface area contributed by atoms with Crippen molar-refractivity contribution in [1.82, 2.24) is 0 Å². The Morgan fingerprint density at radius 3 is 2.63 bits per heavy atom. The third-order valence-electron chi connectivity index (χ3n) is 2.30. The molecule has 0 radical (unpaired) electrons. The molecule has 1 rings (SSSR count). The van der Waals surface area contributed by atoms with Crippen LogP contribution in [-0.4, -0.2) is 25.6 Å². The molecule has 19 heavy (non-hydrogen) atoms. The second kappa shape index (κ2) is 7.63. The smallest absolute Gasteiger partial charge is 0.306 e. The van der Waals surface area contributed by atoms with Crippen molar-refractivity contribution in [3.8, 4) is 5.75 Å². The molecule has 0 bridgehead atoms. The second-order valence-corrected chi connectivity index (χ2v) is 4.11. The molecule has 0 spiro atoms. The lowest BCUT2D eigenvalue weighted by atomic mass is 10.2. The quantitative estimate of drug-likeness (QED) is 0.816. The average molecular weight is 286 g/mol. The molecule has 0 aromatic heterocycles. The third kappa shape index (κ3) is 5.18. The first-order chi connectivity index (χ1) is 9.06. The number of amides is 1. The van der Waals surface area contributed by atoms with Crippen LogP contribution in [0.1, 0.15) is 19.8 Å². The molecule has 0 fully saturated rings. The van der Waals surface area contributed by atoms with Crippen molar-refractivity contribution in [2.75, 3.05) is 19.0 Å². The summed E-state index contributed by atoms with van der Waals surface area (Å²) in [5.41, 5.74) is 0.555. The van der Waals surface area contributed by atoms with E-state index in [9.17, 15) is 9.59 Å². The van der Waals surface area contributed by atoms with Gasteiger partial charge in [-0.2, -0.15) is 0 Å². The molecule has 0 aliphatic carbocycles. The van der Waals surface area contributed by atoms with Crippen molar-refractivity contribution in [3.05, 3.63) is 23.2 Å². The van der Waals surface area contributed by atoms with E-state index in [2.05, 4.69) is 5.32 Å². The van der Waals surface area contributed by atoms with E-state index >= 15 is 0 Å². The van der Waals surface area contributed by atoms with Gasteiger partial charge in [0.25, 0.3) is 0 Å². The topological polar surface area (TPSA) is 64.6 Å². The van der Waals surface area contributed by atoms with Gasteiger partial charge in [-0.25, -0.2) is 0 Å². The van der Waals surface area contributed by atoms with Gasteiger partial charge in [0, 0.05) is 12.1 Å². The molecule has 0 aliphatic rings. The van der Waals surface area contributed by atoms with Gasteiger partial charge in [0.1, 0.15) is 5.75 Å². The van der Waals surface area contributed by atoms with Crippen LogP contribution in [0.2, 0.25) is 5.02 Å². The Labute approximate surface area is 116 Å². The number of benzene rings is 1. The summed E-state index contributed by atoms with van der Waals surface area (Å²) in [5, 5.41) is 3.05. The number of methoxy groups -OCH3 is 1. The summed E-state index contributed by atoms with van der Waals surface area (Å²) in [4.78, 5) is 22.7. The van der Waals surface area contributed by atoms with Crippen LogP contribution in [0.25, 0.3) is 0 Å². The van der Waals surface area contributed by atoms with Crippen molar-refractivity contribution in [1.29, 1.82) is 0 Å². The minimum absolute atomic E-state index is 0.0591. The molecule has 0 saturated carbocycles. The van der Waals surface area contributed by atoms with Gasteiger partial charge in [0.2, 0.25) is 5.91 Å². The highest BCUT2D eigenvalue weighted by Crippen LogP contribution is 2.27. The van der Waals surface area contributed by atoms with E-state index in [1.165, 1.54) is 7.11 Å². The highest BCUT2D eigenvalue weighted by atomic mass is 35.5. The first kappa shape index (κ1) is 15.3. The molecular weight excluding hydrogens is 270 g/mol. The Bertz CT molecular complexity index is 462. The Morgan fingerprint density at radius 1 is 1.32 bits per heavy atom. The van der Waals surface area contributed by atoms with E-state index in [1.54, 1.807) is 25.1 Å². The normalized spacial score (nSPS) is 9.84. The molecular formula is C13H16ClNO4.